The lowest BCUT2D eigenvalue weighted by Crippen LogP contribution is -2.54. The van der Waals surface area contributed by atoms with Crippen LogP contribution in [0.5, 0.6) is 0 Å². The molecule has 8 heteroatoms. The second kappa shape index (κ2) is 7.66. The van der Waals surface area contributed by atoms with Crippen molar-refractivity contribution >= 4 is 33.7 Å². The molecule has 1 aromatic carbocycles. The van der Waals surface area contributed by atoms with Crippen molar-refractivity contribution in [2.75, 3.05) is 23.3 Å². The van der Waals surface area contributed by atoms with Crippen LogP contribution in [0.4, 0.5) is 21.6 Å². The molecule has 1 saturated carbocycles. The second-order valence-electron chi connectivity index (χ2n) is 9.61. The summed E-state index contributed by atoms with van der Waals surface area (Å²) < 4.78 is 16.4. The van der Waals surface area contributed by atoms with Gasteiger partial charge in [0.2, 0.25) is 0 Å². The quantitative estimate of drug-likeness (QED) is 0.481. The van der Waals surface area contributed by atoms with E-state index in [0.29, 0.717) is 35.2 Å². The molecule has 0 bridgehead atoms. The van der Waals surface area contributed by atoms with Gasteiger partial charge in [0.1, 0.15) is 12.1 Å². The summed E-state index contributed by atoms with van der Waals surface area (Å²) in [5.74, 6) is 0.872. The zero-order chi connectivity index (χ0) is 22.7. The molecular formula is C25H28FN7. The number of fused-ring (bicyclic) bond motifs is 2. The summed E-state index contributed by atoms with van der Waals surface area (Å²) in [5, 5.41) is 8.00. The van der Waals surface area contributed by atoms with Crippen LogP contribution in [0.25, 0.3) is 16.6 Å². The molecule has 1 aliphatic heterocycles. The number of aromatic nitrogens is 4. The van der Waals surface area contributed by atoms with Crippen LogP contribution in [0.3, 0.4) is 0 Å². The van der Waals surface area contributed by atoms with E-state index in [1.807, 2.05) is 19.3 Å². The van der Waals surface area contributed by atoms with Crippen LogP contribution >= 0.6 is 0 Å². The number of pyridine rings is 1. The lowest BCUT2D eigenvalue weighted by atomic mass is 10.0. The minimum Gasteiger partial charge on any atom is -0.368 e. The van der Waals surface area contributed by atoms with E-state index in [2.05, 4.69) is 56.5 Å². The van der Waals surface area contributed by atoms with E-state index >= 15 is 0 Å². The third kappa shape index (κ3) is 3.78. The molecule has 33 heavy (non-hydrogen) atoms. The number of imidazole rings is 1. The zero-order valence-electron chi connectivity index (χ0n) is 19.1. The van der Waals surface area contributed by atoms with Gasteiger partial charge >= 0.3 is 0 Å². The molecule has 4 heterocycles. The van der Waals surface area contributed by atoms with Gasteiger partial charge in [0.05, 0.1) is 16.9 Å². The number of hydrogen-bond donors (Lipinski definition) is 2. The monoisotopic (exact) mass is 445 g/mol. The van der Waals surface area contributed by atoms with Gasteiger partial charge in [-0.05, 0) is 57.2 Å². The fraction of sp³-hybridized carbons (Fsp3) is 0.400. The van der Waals surface area contributed by atoms with Gasteiger partial charge in [-0.2, -0.15) is 0 Å². The fourth-order valence-electron chi connectivity index (χ4n) is 5.12. The average molecular weight is 446 g/mol. The first-order valence-electron chi connectivity index (χ1n) is 11.7. The number of rotatable bonds is 4. The van der Waals surface area contributed by atoms with Gasteiger partial charge in [0.25, 0.3) is 0 Å². The smallest absolute Gasteiger partial charge is 0.173 e. The fourth-order valence-corrected chi connectivity index (χ4v) is 5.12. The Bertz CT molecular complexity index is 1350. The highest BCUT2D eigenvalue weighted by Gasteiger charge is 2.29. The molecule has 0 unspecified atom stereocenters. The molecule has 6 rings (SSSR count). The van der Waals surface area contributed by atoms with Gasteiger partial charge in [-0.15, -0.1) is 0 Å². The molecule has 1 aliphatic carbocycles. The van der Waals surface area contributed by atoms with Crippen molar-refractivity contribution in [2.45, 2.75) is 51.6 Å². The average Bonchev–Trinajstić information content (AvgIpc) is 3.54. The zero-order valence-corrected chi connectivity index (χ0v) is 19.1. The van der Waals surface area contributed by atoms with Crippen molar-refractivity contribution in [1.82, 2.24) is 24.7 Å². The SMILES string of the molecule is Cc1cn2cc(Nc3ncnc4cc(N5C[C@@H](C)N[C@@H](C)C5)cc(C5CC5)c34)cc(F)c2n1. The number of halogens is 1. The summed E-state index contributed by atoms with van der Waals surface area (Å²) in [4.78, 5) is 15.9. The van der Waals surface area contributed by atoms with E-state index in [4.69, 9.17) is 0 Å². The number of piperazine rings is 1. The minimum atomic E-state index is -0.363. The standard InChI is InChI=1S/C25H28FN7/c1-14-9-32(10-15(2)29-14)19-7-20(17-4-5-17)23-22(8-19)27-13-28-24(23)31-18-6-21(26)25-30-16(3)11-33(25)12-18/h6-8,11-15,17,29H,4-5,9-10H2,1-3H3,(H,27,28,31)/t14-,15+. The highest BCUT2D eigenvalue weighted by atomic mass is 19.1. The van der Waals surface area contributed by atoms with Gasteiger partial charge in [-0.25, -0.2) is 19.3 Å². The molecule has 2 aliphatic rings. The van der Waals surface area contributed by atoms with E-state index < -0.39 is 0 Å². The molecule has 3 aromatic heterocycles. The van der Waals surface area contributed by atoms with Crippen molar-refractivity contribution < 1.29 is 4.39 Å². The predicted octanol–water partition coefficient (Wildman–Crippen LogP) is 4.53. The van der Waals surface area contributed by atoms with Gasteiger partial charge in [-0.3, -0.25) is 0 Å². The van der Waals surface area contributed by atoms with Crippen LogP contribution in [0.2, 0.25) is 0 Å². The van der Waals surface area contributed by atoms with Gasteiger partial charge in [-0.1, -0.05) is 0 Å². The third-order valence-corrected chi connectivity index (χ3v) is 6.58. The minimum absolute atomic E-state index is 0.327. The molecule has 170 valence electrons. The Kier molecular flexibility index (Phi) is 4.72. The van der Waals surface area contributed by atoms with Crippen LogP contribution in [-0.2, 0) is 0 Å². The normalized spacial score (nSPS) is 21.2. The summed E-state index contributed by atoms with van der Waals surface area (Å²) in [6, 6.07) is 6.84. The van der Waals surface area contributed by atoms with E-state index in [0.717, 1.165) is 29.7 Å². The van der Waals surface area contributed by atoms with E-state index in [1.54, 1.807) is 10.7 Å². The van der Waals surface area contributed by atoms with Crippen molar-refractivity contribution in [2.24, 2.45) is 0 Å². The summed E-state index contributed by atoms with van der Waals surface area (Å²) in [6.07, 6.45) is 7.61. The summed E-state index contributed by atoms with van der Waals surface area (Å²) in [6.45, 7) is 8.26. The molecule has 2 N–H and O–H groups in total. The number of aryl methyl sites for hydroxylation is 1. The van der Waals surface area contributed by atoms with Gasteiger partial charge < -0.3 is 19.9 Å². The number of benzene rings is 1. The first kappa shape index (κ1) is 20.4. The lowest BCUT2D eigenvalue weighted by Gasteiger charge is -2.38. The topological polar surface area (TPSA) is 70.4 Å². The Balaban J connectivity index is 1.43. The summed E-state index contributed by atoms with van der Waals surface area (Å²) >= 11 is 0. The number of anilines is 3. The summed E-state index contributed by atoms with van der Waals surface area (Å²) in [5.41, 5.74) is 5.16. The Labute approximate surface area is 192 Å². The summed E-state index contributed by atoms with van der Waals surface area (Å²) in [7, 11) is 0. The van der Waals surface area contributed by atoms with Crippen LogP contribution < -0.4 is 15.5 Å². The van der Waals surface area contributed by atoms with Crippen LogP contribution in [0.1, 0.15) is 43.9 Å². The maximum Gasteiger partial charge on any atom is 0.173 e. The second-order valence-corrected chi connectivity index (χ2v) is 9.61. The van der Waals surface area contributed by atoms with Crippen molar-refractivity contribution in [1.29, 1.82) is 0 Å². The largest absolute Gasteiger partial charge is 0.368 e. The Hall–Kier alpha value is -3.26. The van der Waals surface area contributed by atoms with Crippen molar-refractivity contribution in [3.8, 4) is 0 Å². The van der Waals surface area contributed by atoms with Crippen molar-refractivity contribution in [3.05, 3.63) is 54.0 Å². The van der Waals surface area contributed by atoms with Gasteiger partial charge in [0, 0.05) is 54.7 Å². The number of nitrogens with zero attached hydrogens (tertiary/aromatic N) is 5. The molecule has 7 nitrogen and oxygen atoms in total. The molecule has 1 saturated heterocycles. The molecule has 0 amide bonds. The number of hydrogen-bond acceptors (Lipinski definition) is 6. The predicted molar refractivity (Wildman–Crippen MR) is 129 cm³/mol. The molecule has 2 fully saturated rings. The molecule has 0 radical (unpaired) electrons. The van der Waals surface area contributed by atoms with Gasteiger partial charge in [0.15, 0.2) is 11.5 Å². The maximum atomic E-state index is 14.6. The molecule has 2 atom stereocenters. The molecular weight excluding hydrogens is 417 g/mol. The third-order valence-electron chi connectivity index (χ3n) is 6.58. The highest BCUT2D eigenvalue weighted by Crippen LogP contribution is 2.46. The Morgan fingerprint density at radius 3 is 2.61 bits per heavy atom. The van der Waals surface area contributed by atoms with E-state index in [9.17, 15) is 4.39 Å². The van der Waals surface area contributed by atoms with Crippen LogP contribution in [0, 0.1) is 12.7 Å². The Morgan fingerprint density at radius 1 is 1.06 bits per heavy atom. The maximum absolute atomic E-state index is 14.6. The molecule has 4 aromatic rings. The highest BCUT2D eigenvalue weighted by molar-refractivity contribution is 5.96. The lowest BCUT2D eigenvalue weighted by molar-refractivity contribution is 0.407. The van der Waals surface area contributed by atoms with Crippen LogP contribution in [-0.4, -0.2) is 44.5 Å². The van der Waals surface area contributed by atoms with E-state index in [1.165, 1.54) is 30.2 Å². The van der Waals surface area contributed by atoms with E-state index in [-0.39, 0.29) is 5.82 Å². The van der Waals surface area contributed by atoms with Crippen LogP contribution in [0.15, 0.2) is 36.9 Å². The van der Waals surface area contributed by atoms with Crippen molar-refractivity contribution in [3.63, 3.8) is 0 Å². The molecule has 0 spiro atoms. The Morgan fingerprint density at radius 2 is 1.85 bits per heavy atom. The first-order chi connectivity index (χ1) is 15.9. The first-order valence-corrected chi connectivity index (χ1v) is 11.7. The number of nitrogens with one attached hydrogen (secondary N) is 2.